The molecule has 1 aromatic carbocycles. The van der Waals surface area contributed by atoms with Crippen molar-refractivity contribution in [1.29, 1.82) is 0 Å². The van der Waals surface area contributed by atoms with Crippen LogP contribution in [0.15, 0.2) is 46.3 Å². The summed E-state index contributed by atoms with van der Waals surface area (Å²) in [5.74, 6) is 1.36. The monoisotopic (exact) mass is 262 g/mol. The molecule has 2 N–H and O–H groups in total. The third kappa shape index (κ3) is 2.87. The molecule has 5 heteroatoms. The molecular formula is C13H14N2O2S. The fraction of sp³-hybridized carbons (Fsp3) is 0.154. The van der Waals surface area contributed by atoms with E-state index < -0.39 is 0 Å². The molecule has 2 rings (SSSR count). The third-order valence-electron chi connectivity index (χ3n) is 2.33. The van der Waals surface area contributed by atoms with Gasteiger partial charge in [0.05, 0.1) is 19.9 Å². The number of benzene rings is 1. The Hall–Kier alpha value is -1.88. The Kier molecular flexibility index (Phi) is 3.94. The quantitative estimate of drug-likeness (QED) is 0.918. The van der Waals surface area contributed by atoms with Crippen molar-refractivity contribution in [3.8, 4) is 11.6 Å². The van der Waals surface area contributed by atoms with Crippen molar-refractivity contribution in [2.45, 2.75) is 9.92 Å². The molecule has 0 bridgehead atoms. The topological polar surface area (TPSA) is 57.4 Å². The van der Waals surface area contributed by atoms with Crippen molar-refractivity contribution in [3.05, 3.63) is 36.4 Å². The highest BCUT2D eigenvalue weighted by molar-refractivity contribution is 7.99. The molecule has 0 radical (unpaired) electrons. The highest BCUT2D eigenvalue weighted by atomic mass is 32.2. The number of nitrogens with zero attached hydrogens (tertiary/aromatic N) is 1. The second-order valence-corrected chi connectivity index (χ2v) is 4.59. The van der Waals surface area contributed by atoms with Gasteiger partial charge in [-0.1, -0.05) is 17.8 Å². The van der Waals surface area contributed by atoms with Gasteiger partial charge >= 0.3 is 0 Å². The third-order valence-corrected chi connectivity index (χ3v) is 3.34. The number of nitrogen functional groups attached to an aromatic ring is 1. The Balaban J connectivity index is 2.27. The first-order valence-corrected chi connectivity index (χ1v) is 6.17. The molecule has 0 aliphatic heterocycles. The van der Waals surface area contributed by atoms with Gasteiger partial charge < -0.3 is 15.2 Å². The molecule has 4 nitrogen and oxygen atoms in total. The maximum atomic E-state index is 5.89. The van der Waals surface area contributed by atoms with Gasteiger partial charge in [0.15, 0.2) is 0 Å². The van der Waals surface area contributed by atoms with E-state index in [1.54, 1.807) is 26.4 Å². The van der Waals surface area contributed by atoms with E-state index >= 15 is 0 Å². The summed E-state index contributed by atoms with van der Waals surface area (Å²) in [6, 6.07) is 11.3. The predicted octanol–water partition coefficient (Wildman–Crippen LogP) is 2.83. The van der Waals surface area contributed by atoms with E-state index in [0.29, 0.717) is 11.6 Å². The van der Waals surface area contributed by atoms with Crippen LogP contribution in [0.5, 0.6) is 11.6 Å². The molecule has 0 aliphatic rings. The number of hydrogen-bond donors (Lipinski definition) is 1. The molecule has 0 unspecified atom stereocenters. The van der Waals surface area contributed by atoms with Gasteiger partial charge in [-0.15, -0.1) is 0 Å². The SMILES string of the molecule is COc1cccc(Sc2nc(OC)ccc2N)c1. The summed E-state index contributed by atoms with van der Waals surface area (Å²) in [5.41, 5.74) is 6.52. The first kappa shape index (κ1) is 12.6. The van der Waals surface area contributed by atoms with Crippen molar-refractivity contribution < 1.29 is 9.47 Å². The molecule has 0 saturated heterocycles. The maximum absolute atomic E-state index is 5.89. The number of ether oxygens (including phenoxy) is 2. The summed E-state index contributed by atoms with van der Waals surface area (Å²) in [4.78, 5) is 5.33. The van der Waals surface area contributed by atoms with Crippen LogP contribution in [-0.4, -0.2) is 19.2 Å². The number of aromatic nitrogens is 1. The Bertz CT molecular complexity index is 546. The second kappa shape index (κ2) is 5.64. The summed E-state index contributed by atoms with van der Waals surface area (Å²) in [6.07, 6.45) is 0. The Morgan fingerprint density at radius 2 is 1.94 bits per heavy atom. The van der Waals surface area contributed by atoms with Gasteiger partial charge in [0.2, 0.25) is 5.88 Å². The number of pyridine rings is 1. The van der Waals surface area contributed by atoms with Crippen molar-refractivity contribution in [3.63, 3.8) is 0 Å². The van der Waals surface area contributed by atoms with E-state index in [4.69, 9.17) is 15.2 Å². The average Bonchev–Trinajstić information content (AvgIpc) is 2.41. The highest BCUT2D eigenvalue weighted by Gasteiger charge is 2.06. The lowest BCUT2D eigenvalue weighted by Crippen LogP contribution is -1.94. The van der Waals surface area contributed by atoms with Gasteiger partial charge in [-0.2, -0.15) is 0 Å². The predicted molar refractivity (Wildman–Crippen MR) is 72.3 cm³/mol. The van der Waals surface area contributed by atoms with Crippen molar-refractivity contribution in [2.24, 2.45) is 0 Å². The average molecular weight is 262 g/mol. The number of anilines is 1. The number of nitrogens with two attached hydrogens (primary N) is 1. The van der Waals surface area contributed by atoms with Gasteiger partial charge in [-0.25, -0.2) is 4.98 Å². The van der Waals surface area contributed by atoms with Crippen molar-refractivity contribution >= 4 is 17.4 Å². The minimum Gasteiger partial charge on any atom is -0.497 e. The number of rotatable bonds is 4. The lowest BCUT2D eigenvalue weighted by Gasteiger charge is -2.07. The molecule has 1 aromatic heterocycles. The second-order valence-electron chi connectivity index (χ2n) is 3.53. The summed E-state index contributed by atoms with van der Waals surface area (Å²) < 4.78 is 10.3. The molecule has 0 fully saturated rings. The first-order valence-electron chi connectivity index (χ1n) is 5.35. The van der Waals surface area contributed by atoms with E-state index in [1.807, 2.05) is 24.3 Å². The maximum Gasteiger partial charge on any atom is 0.214 e. The van der Waals surface area contributed by atoms with Crippen LogP contribution < -0.4 is 15.2 Å². The zero-order chi connectivity index (χ0) is 13.0. The lowest BCUT2D eigenvalue weighted by molar-refractivity contribution is 0.395. The Morgan fingerprint density at radius 1 is 1.11 bits per heavy atom. The lowest BCUT2D eigenvalue weighted by atomic mass is 10.3. The van der Waals surface area contributed by atoms with E-state index in [9.17, 15) is 0 Å². The molecule has 0 spiro atoms. The Morgan fingerprint density at radius 3 is 2.67 bits per heavy atom. The first-order chi connectivity index (χ1) is 8.72. The van der Waals surface area contributed by atoms with Crippen LogP contribution in [0, 0.1) is 0 Å². The van der Waals surface area contributed by atoms with Gasteiger partial charge in [-0.3, -0.25) is 0 Å². The van der Waals surface area contributed by atoms with Gasteiger partial charge in [0, 0.05) is 11.0 Å². The molecule has 0 atom stereocenters. The van der Waals surface area contributed by atoms with E-state index in [1.165, 1.54) is 11.8 Å². The van der Waals surface area contributed by atoms with Crippen LogP contribution in [0.1, 0.15) is 0 Å². The van der Waals surface area contributed by atoms with Crippen molar-refractivity contribution in [2.75, 3.05) is 20.0 Å². The van der Waals surface area contributed by atoms with Crippen LogP contribution in [0.2, 0.25) is 0 Å². The minimum atomic E-state index is 0.551. The summed E-state index contributed by atoms with van der Waals surface area (Å²) in [5, 5.41) is 0.725. The fourth-order valence-corrected chi connectivity index (χ4v) is 2.27. The smallest absolute Gasteiger partial charge is 0.214 e. The molecule has 0 amide bonds. The largest absolute Gasteiger partial charge is 0.497 e. The molecule has 0 saturated carbocycles. The van der Waals surface area contributed by atoms with Gasteiger partial charge in [0.1, 0.15) is 10.8 Å². The van der Waals surface area contributed by atoms with Crippen LogP contribution >= 0.6 is 11.8 Å². The van der Waals surface area contributed by atoms with Crippen molar-refractivity contribution in [1.82, 2.24) is 4.98 Å². The van der Waals surface area contributed by atoms with Gasteiger partial charge in [0.25, 0.3) is 0 Å². The highest BCUT2D eigenvalue weighted by Crippen LogP contribution is 2.33. The molecule has 18 heavy (non-hydrogen) atoms. The van der Waals surface area contributed by atoms with Crippen LogP contribution in [0.25, 0.3) is 0 Å². The van der Waals surface area contributed by atoms with E-state index in [0.717, 1.165) is 15.7 Å². The molecule has 1 heterocycles. The standard InChI is InChI=1S/C13H14N2O2S/c1-16-9-4-3-5-10(8-9)18-13-11(14)6-7-12(15-13)17-2/h3-8H,14H2,1-2H3. The zero-order valence-electron chi connectivity index (χ0n) is 10.2. The molecular weight excluding hydrogens is 248 g/mol. The van der Waals surface area contributed by atoms with Crippen LogP contribution in [-0.2, 0) is 0 Å². The molecule has 94 valence electrons. The fourth-order valence-electron chi connectivity index (χ4n) is 1.41. The van der Waals surface area contributed by atoms with E-state index in [2.05, 4.69) is 4.98 Å². The minimum absolute atomic E-state index is 0.551. The summed E-state index contributed by atoms with van der Waals surface area (Å²) in [6.45, 7) is 0. The summed E-state index contributed by atoms with van der Waals surface area (Å²) in [7, 11) is 3.22. The number of methoxy groups -OCH3 is 2. The normalized spacial score (nSPS) is 10.1. The molecule has 0 aliphatic carbocycles. The molecule has 2 aromatic rings. The zero-order valence-corrected chi connectivity index (χ0v) is 11.0. The van der Waals surface area contributed by atoms with Crippen LogP contribution in [0.4, 0.5) is 5.69 Å². The summed E-state index contributed by atoms with van der Waals surface area (Å²) >= 11 is 1.48. The number of hydrogen-bond acceptors (Lipinski definition) is 5. The van der Waals surface area contributed by atoms with Crippen LogP contribution in [0.3, 0.4) is 0 Å². The Labute approximate surface area is 110 Å². The van der Waals surface area contributed by atoms with Gasteiger partial charge in [-0.05, 0) is 24.3 Å². The van der Waals surface area contributed by atoms with E-state index in [-0.39, 0.29) is 0 Å².